The summed E-state index contributed by atoms with van der Waals surface area (Å²) >= 11 is 0. The van der Waals surface area contributed by atoms with Crippen LogP contribution in [0.2, 0.25) is 0 Å². The van der Waals surface area contributed by atoms with Gasteiger partial charge >= 0.3 is 0 Å². The molecule has 4 rings (SSSR count). The van der Waals surface area contributed by atoms with Crippen LogP contribution in [0.5, 0.6) is 0 Å². The van der Waals surface area contributed by atoms with Crippen molar-refractivity contribution in [1.82, 2.24) is 10.6 Å². The molecule has 0 heterocycles. The number of carbonyl (C=O) groups is 3. The van der Waals surface area contributed by atoms with E-state index in [1.807, 2.05) is 33.8 Å². The third-order valence-corrected chi connectivity index (χ3v) is 12.7. The molecule has 4 aliphatic carbocycles. The van der Waals surface area contributed by atoms with Gasteiger partial charge in [0.05, 0.1) is 0 Å². The molecule has 41 heavy (non-hydrogen) atoms. The topological polar surface area (TPSA) is 75.3 Å². The molecule has 5 nitrogen and oxygen atoms in total. The summed E-state index contributed by atoms with van der Waals surface area (Å²) in [5.41, 5.74) is 1.45. The van der Waals surface area contributed by atoms with E-state index in [9.17, 15) is 14.4 Å². The molecule has 230 valence electrons. The van der Waals surface area contributed by atoms with Gasteiger partial charge in [0.25, 0.3) is 0 Å². The van der Waals surface area contributed by atoms with Gasteiger partial charge in [-0.25, -0.2) is 0 Å². The lowest BCUT2D eigenvalue weighted by atomic mass is 9.35. The fourth-order valence-electron chi connectivity index (χ4n) is 10.1. The summed E-state index contributed by atoms with van der Waals surface area (Å²) in [5.74, 6) is 0.732. The molecular weight excluding hydrogens is 508 g/mol. The first kappa shape index (κ1) is 32.0. The molecule has 0 bridgehead atoms. The van der Waals surface area contributed by atoms with Gasteiger partial charge in [-0.05, 0) is 126 Å². The molecule has 0 aromatic heterocycles. The number of hydrogen-bond donors (Lipinski definition) is 2. The van der Waals surface area contributed by atoms with Crippen LogP contribution in [-0.2, 0) is 14.4 Å². The molecule has 0 unspecified atom stereocenters. The number of amides is 2. The van der Waals surface area contributed by atoms with E-state index in [4.69, 9.17) is 0 Å². The van der Waals surface area contributed by atoms with Crippen molar-refractivity contribution in [3.8, 4) is 0 Å². The van der Waals surface area contributed by atoms with Crippen LogP contribution in [0.25, 0.3) is 0 Å². The van der Waals surface area contributed by atoms with E-state index in [1.54, 1.807) is 0 Å². The molecule has 0 radical (unpaired) electrons. The van der Waals surface area contributed by atoms with E-state index >= 15 is 0 Å². The van der Waals surface area contributed by atoms with Gasteiger partial charge in [0, 0.05) is 29.8 Å². The summed E-state index contributed by atoms with van der Waals surface area (Å²) in [7, 11) is 0. The molecule has 0 aromatic carbocycles. The number of ketones is 1. The largest absolute Gasteiger partial charge is 0.354 e. The molecular formula is C36H58N2O3. The third-order valence-electron chi connectivity index (χ3n) is 12.7. The maximum atomic E-state index is 14.6. The molecule has 2 N–H and O–H groups in total. The first-order valence-corrected chi connectivity index (χ1v) is 16.3. The average molecular weight is 567 g/mol. The smallest absolute Gasteiger partial charge is 0.226 e. The predicted octanol–water partition coefficient (Wildman–Crippen LogP) is 7.55. The number of nitrogens with one attached hydrogen (secondary N) is 2. The lowest BCUT2D eigenvalue weighted by molar-refractivity contribution is -0.164. The number of fused-ring (bicyclic) bond motifs is 5. The lowest BCUT2D eigenvalue weighted by Crippen LogP contribution is -2.63. The SMILES string of the molecule is C=C(C)[C@@H]1CC[C@]2(C)[C@H](C(=O)C=C3[C@@H]4C[C@@](C)(C(=O)NC(C)C)CC[C@]4(C)CC[C@]32C)[C@@]1(C)CCC(=O)NC(C)C. The van der Waals surface area contributed by atoms with Crippen molar-refractivity contribution in [3.63, 3.8) is 0 Å². The van der Waals surface area contributed by atoms with E-state index in [1.165, 1.54) is 5.57 Å². The molecule has 0 aromatic rings. The van der Waals surface area contributed by atoms with Crippen LogP contribution in [0.15, 0.2) is 23.8 Å². The maximum Gasteiger partial charge on any atom is 0.226 e. The van der Waals surface area contributed by atoms with Gasteiger partial charge in [-0.2, -0.15) is 0 Å². The van der Waals surface area contributed by atoms with Crippen molar-refractivity contribution < 1.29 is 14.4 Å². The summed E-state index contributed by atoms with van der Waals surface area (Å²) in [4.78, 5) is 40.9. The standard InChI is InChI=1S/C36H58N2O3/c1-22(2)25-12-15-36(11)30(34(25,9)14-13-29(40)37-23(3)4)28(39)20-26-27-21-33(8,31(41)38-24(5)6)17-16-32(27,7)18-19-35(26,36)10/h20,23-25,27,30H,1,12-19,21H2,2-11H3,(H,37,40)(H,38,41)/t25-,27-,30+,32+,33-,34-,35+,36+/m0/s1. The Morgan fingerprint density at radius 2 is 1.56 bits per heavy atom. The summed E-state index contributed by atoms with van der Waals surface area (Å²) in [6.45, 7) is 26.2. The van der Waals surface area contributed by atoms with Crippen LogP contribution in [0.4, 0.5) is 0 Å². The van der Waals surface area contributed by atoms with Gasteiger partial charge in [-0.1, -0.05) is 52.3 Å². The second kappa shape index (κ2) is 10.7. The van der Waals surface area contributed by atoms with Gasteiger partial charge in [-0.15, -0.1) is 0 Å². The monoisotopic (exact) mass is 566 g/mol. The number of hydrogen-bond acceptors (Lipinski definition) is 3. The minimum Gasteiger partial charge on any atom is -0.354 e. The van der Waals surface area contributed by atoms with Crippen LogP contribution in [-0.4, -0.2) is 29.7 Å². The van der Waals surface area contributed by atoms with E-state index in [0.717, 1.165) is 50.5 Å². The van der Waals surface area contributed by atoms with Crippen LogP contribution in [0.1, 0.15) is 127 Å². The number of carbonyl (C=O) groups excluding carboxylic acids is 3. The van der Waals surface area contributed by atoms with Crippen molar-refractivity contribution in [3.05, 3.63) is 23.8 Å². The molecule has 0 saturated heterocycles. The van der Waals surface area contributed by atoms with Crippen molar-refractivity contribution in [2.75, 3.05) is 0 Å². The zero-order valence-corrected chi connectivity index (χ0v) is 27.8. The predicted molar refractivity (Wildman–Crippen MR) is 167 cm³/mol. The highest BCUT2D eigenvalue weighted by atomic mass is 16.2. The molecule has 8 atom stereocenters. The minimum atomic E-state index is -0.426. The second-order valence-electron chi connectivity index (χ2n) is 16.4. The Bertz CT molecular complexity index is 1140. The molecule has 3 saturated carbocycles. The fourth-order valence-corrected chi connectivity index (χ4v) is 10.1. The van der Waals surface area contributed by atoms with Gasteiger partial charge in [-0.3, -0.25) is 14.4 Å². The molecule has 0 aliphatic heterocycles. The highest BCUT2D eigenvalue weighted by molar-refractivity contribution is 5.96. The van der Waals surface area contributed by atoms with Gasteiger partial charge in [0.15, 0.2) is 5.78 Å². The Hall–Kier alpha value is -1.91. The third kappa shape index (κ3) is 5.16. The van der Waals surface area contributed by atoms with E-state index in [-0.39, 0.29) is 69.1 Å². The van der Waals surface area contributed by atoms with E-state index in [0.29, 0.717) is 12.8 Å². The van der Waals surface area contributed by atoms with Gasteiger partial charge < -0.3 is 10.6 Å². The maximum absolute atomic E-state index is 14.6. The van der Waals surface area contributed by atoms with Crippen LogP contribution in [0, 0.1) is 44.8 Å². The Balaban J connectivity index is 1.77. The average Bonchev–Trinajstić information content (AvgIpc) is 2.84. The molecule has 5 heteroatoms. The quantitative estimate of drug-likeness (QED) is 0.312. The van der Waals surface area contributed by atoms with Crippen molar-refractivity contribution >= 4 is 17.6 Å². The number of rotatable bonds is 7. The van der Waals surface area contributed by atoms with Crippen molar-refractivity contribution in [2.45, 2.75) is 139 Å². The zero-order chi connectivity index (χ0) is 30.8. The highest BCUT2D eigenvalue weighted by Gasteiger charge is 2.68. The van der Waals surface area contributed by atoms with E-state index < -0.39 is 5.41 Å². The first-order valence-electron chi connectivity index (χ1n) is 16.3. The Morgan fingerprint density at radius 1 is 0.951 bits per heavy atom. The normalized spacial score (nSPS) is 42.1. The van der Waals surface area contributed by atoms with Crippen LogP contribution >= 0.6 is 0 Å². The lowest BCUT2D eigenvalue weighted by Gasteiger charge is -2.68. The van der Waals surface area contributed by atoms with Crippen LogP contribution in [0.3, 0.4) is 0 Å². The summed E-state index contributed by atoms with van der Waals surface area (Å²) in [6, 6.07) is 0.216. The molecule has 2 amide bonds. The zero-order valence-electron chi connectivity index (χ0n) is 27.8. The summed E-state index contributed by atoms with van der Waals surface area (Å²) < 4.78 is 0. The van der Waals surface area contributed by atoms with E-state index in [2.05, 4.69) is 58.8 Å². The minimum absolute atomic E-state index is 0.0641. The Labute approximate surface area is 250 Å². The van der Waals surface area contributed by atoms with Gasteiger partial charge in [0.2, 0.25) is 11.8 Å². The molecule has 0 spiro atoms. The fraction of sp³-hybridized carbons (Fsp3) is 0.806. The molecule has 4 aliphatic rings. The molecule has 3 fully saturated rings. The summed E-state index contributed by atoms with van der Waals surface area (Å²) in [5, 5.41) is 6.26. The van der Waals surface area contributed by atoms with Crippen molar-refractivity contribution in [2.24, 2.45) is 44.8 Å². The van der Waals surface area contributed by atoms with Crippen LogP contribution < -0.4 is 10.6 Å². The Kier molecular flexibility index (Phi) is 8.33. The second-order valence-corrected chi connectivity index (χ2v) is 16.4. The first-order chi connectivity index (χ1) is 18.8. The van der Waals surface area contributed by atoms with Gasteiger partial charge in [0.1, 0.15) is 0 Å². The van der Waals surface area contributed by atoms with Crippen molar-refractivity contribution in [1.29, 1.82) is 0 Å². The number of allylic oxidation sites excluding steroid dienone is 3. The summed E-state index contributed by atoms with van der Waals surface area (Å²) in [6.07, 6.45) is 10.1. The highest BCUT2D eigenvalue weighted by Crippen LogP contribution is 2.73. The Morgan fingerprint density at radius 3 is 2.15 bits per heavy atom.